The number of hydrogen-bond acceptors (Lipinski definition) is 6. The molecule has 2 N–H and O–H groups in total. The highest BCUT2D eigenvalue weighted by molar-refractivity contribution is 9.10. The zero-order valence-electron chi connectivity index (χ0n) is 23.1. The number of rotatable bonds is 8. The highest BCUT2D eigenvalue weighted by Crippen LogP contribution is 2.45. The summed E-state index contributed by atoms with van der Waals surface area (Å²) < 4.78 is 32.0. The number of amides is 2. The second-order valence-corrected chi connectivity index (χ2v) is 15.0. The van der Waals surface area contributed by atoms with Gasteiger partial charge in [-0.3, -0.25) is 14.2 Å². The smallest absolute Gasteiger partial charge is 0.261 e. The topological polar surface area (TPSA) is 125 Å². The first-order valence-electron chi connectivity index (χ1n) is 13.3. The average molecular weight is 699 g/mol. The summed E-state index contributed by atoms with van der Waals surface area (Å²) in [5.41, 5.74) is -1.42. The molecular weight excluding hydrogens is 669 g/mol. The summed E-state index contributed by atoms with van der Waals surface area (Å²) >= 11 is 16.0. The Labute approximate surface area is 262 Å². The van der Waals surface area contributed by atoms with Crippen LogP contribution in [0.2, 0.25) is 10.0 Å². The third-order valence-corrected chi connectivity index (χ3v) is 10.2. The molecule has 3 heterocycles. The molecule has 5 rings (SSSR count). The van der Waals surface area contributed by atoms with Gasteiger partial charge >= 0.3 is 0 Å². The number of aromatic nitrogens is 2. The van der Waals surface area contributed by atoms with Crippen LogP contribution in [-0.2, 0) is 31.6 Å². The summed E-state index contributed by atoms with van der Waals surface area (Å²) in [7, 11) is -4.31. The van der Waals surface area contributed by atoms with E-state index in [1.165, 1.54) is 21.7 Å². The lowest BCUT2D eigenvalue weighted by Gasteiger charge is -2.29. The maximum absolute atomic E-state index is 14.3. The van der Waals surface area contributed by atoms with Crippen molar-refractivity contribution in [3.05, 3.63) is 68.7 Å². The van der Waals surface area contributed by atoms with E-state index >= 15 is 0 Å². The second-order valence-electron chi connectivity index (χ2n) is 11.4. The van der Waals surface area contributed by atoms with Crippen molar-refractivity contribution < 1.29 is 23.1 Å². The molecule has 0 saturated carbocycles. The Bertz CT molecular complexity index is 1640. The predicted molar refractivity (Wildman–Crippen MR) is 164 cm³/mol. The molecular formula is C28H30BrCl2N5O5S. The van der Waals surface area contributed by atoms with Crippen LogP contribution in [0.25, 0.3) is 0 Å². The quantitative estimate of drug-likeness (QED) is 0.354. The molecule has 224 valence electrons. The fourth-order valence-electron chi connectivity index (χ4n) is 5.44. The van der Waals surface area contributed by atoms with Crippen LogP contribution in [0.5, 0.6) is 0 Å². The van der Waals surface area contributed by atoms with Crippen LogP contribution in [0.15, 0.2) is 58.2 Å². The highest BCUT2D eigenvalue weighted by atomic mass is 79.9. The number of nitrogens with one attached hydrogen (secondary N) is 1. The Hall–Kier alpha value is -2.48. The third-order valence-electron chi connectivity index (χ3n) is 7.41. The zero-order valence-corrected chi connectivity index (χ0v) is 27.1. The number of hydrogen-bond donors (Lipinski definition) is 2. The average Bonchev–Trinajstić information content (AvgIpc) is 3.60. The number of fused-ring (bicyclic) bond motifs is 1. The normalized spacial score (nSPS) is 21.2. The third kappa shape index (κ3) is 5.72. The van der Waals surface area contributed by atoms with E-state index in [-0.39, 0.29) is 30.5 Å². The Morgan fingerprint density at radius 3 is 2.45 bits per heavy atom. The van der Waals surface area contributed by atoms with Gasteiger partial charge in [-0.05, 0) is 69.5 Å². The molecule has 2 atom stereocenters. The molecule has 2 aliphatic rings. The van der Waals surface area contributed by atoms with E-state index in [0.29, 0.717) is 28.6 Å². The lowest BCUT2D eigenvalue weighted by Crippen LogP contribution is -2.49. The van der Waals surface area contributed by atoms with Crippen molar-refractivity contribution in [2.75, 3.05) is 18.0 Å². The fourth-order valence-corrected chi connectivity index (χ4v) is 8.07. The van der Waals surface area contributed by atoms with E-state index in [1.54, 1.807) is 32.9 Å². The first kappa shape index (κ1) is 31.0. The summed E-state index contributed by atoms with van der Waals surface area (Å²) in [6.45, 7) is 4.86. The molecule has 3 aromatic rings. The molecule has 2 unspecified atom stereocenters. The van der Waals surface area contributed by atoms with Gasteiger partial charge in [-0.1, -0.05) is 51.3 Å². The second kappa shape index (κ2) is 11.2. The van der Waals surface area contributed by atoms with Crippen molar-refractivity contribution in [2.24, 2.45) is 0 Å². The number of halogens is 3. The van der Waals surface area contributed by atoms with E-state index in [2.05, 4.69) is 26.2 Å². The molecule has 1 fully saturated rings. The van der Waals surface area contributed by atoms with E-state index < -0.39 is 39.0 Å². The van der Waals surface area contributed by atoms with Gasteiger partial charge in [-0.2, -0.15) is 4.31 Å². The molecule has 1 saturated heterocycles. The molecule has 0 aliphatic carbocycles. The van der Waals surface area contributed by atoms with Gasteiger partial charge in [0.05, 0.1) is 17.5 Å². The summed E-state index contributed by atoms with van der Waals surface area (Å²) in [6, 6.07) is 11.1. The first-order valence-corrected chi connectivity index (χ1v) is 16.3. The van der Waals surface area contributed by atoms with Crippen LogP contribution in [0.1, 0.15) is 39.2 Å². The van der Waals surface area contributed by atoms with Crippen molar-refractivity contribution in [2.45, 2.75) is 62.2 Å². The van der Waals surface area contributed by atoms with Crippen molar-refractivity contribution in [1.82, 2.24) is 19.2 Å². The Balaban J connectivity index is 1.61. The molecule has 2 aromatic carbocycles. The number of anilines is 2. The van der Waals surface area contributed by atoms with Gasteiger partial charge in [0, 0.05) is 34.0 Å². The van der Waals surface area contributed by atoms with Crippen LogP contribution < -0.4 is 10.2 Å². The number of carbonyl (C=O) groups excluding carboxylic acids is 2. The number of sulfonamides is 1. The Morgan fingerprint density at radius 2 is 1.83 bits per heavy atom. The molecule has 2 amide bonds. The van der Waals surface area contributed by atoms with Gasteiger partial charge in [-0.25, -0.2) is 18.3 Å². The maximum atomic E-state index is 14.3. The summed E-state index contributed by atoms with van der Waals surface area (Å²) in [5.74, 6) is -0.814. The molecule has 42 heavy (non-hydrogen) atoms. The fraction of sp³-hybridized carbons (Fsp3) is 0.393. The van der Waals surface area contributed by atoms with Crippen molar-refractivity contribution in [3.63, 3.8) is 0 Å². The summed E-state index contributed by atoms with van der Waals surface area (Å²) in [5, 5.41) is 13.1. The minimum Gasteiger partial charge on any atom is -0.389 e. The minimum absolute atomic E-state index is 0.0325. The van der Waals surface area contributed by atoms with E-state index in [0.717, 1.165) is 14.3 Å². The maximum Gasteiger partial charge on any atom is 0.261 e. The van der Waals surface area contributed by atoms with Crippen LogP contribution >= 0.6 is 39.1 Å². The molecule has 1 aromatic heterocycles. The van der Waals surface area contributed by atoms with Gasteiger partial charge in [-0.15, -0.1) is 0 Å². The summed E-state index contributed by atoms with van der Waals surface area (Å²) in [6.07, 6.45) is 2.18. The van der Waals surface area contributed by atoms with Gasteiger partial charge in [0.25, 0.3) is 15.9 Å². The SMILES string of the molecule is CC(C)(O)CNC(=O)C1CCCN1S(=O)(=O)c1cnc2n1C(C)(Cc1ccc(Br)cc1)C(=O)N2c1cc(Cl)cc(Cl)c1. The van der Waals surface area contributed by atoms with Gasteiger partial charge in [0.1, 0.15) is 11.6 Å². The van der Waals surface area contributed by atoms with Gasteiger partial charge in [0.15, 0.2) is 5.03 Å². The van der Waals surface area contributed by atoms with Crippen molar-refractivity contribution >= 4 is 72.6 Å². The molecule has 2 aliphatic heterocycles. The molecule has 0 bridgehead atoms. The Kier molecular flexibility index (Phi) is 8.27. The number of benzene rings is 2. The zero-order chi connectivity index (χ0) is 30.6. The molecule has 10 nitrogen and oxygen atoms in total. The van der Waals surface area contributed by atoms with Crippen molar-refractivity contribution in [3.8, 4) is 0 Å². The largest absolute Gasteiger partial charge is 0.389 e. The van der Waals surface area contributed by atoms with Gasteiger partial charge < -0.3 is 10.4 Å². The van der Waals surface area contributed by atoms with Crippen LogP contribution in [0.4, 0.5) is 11.6 Å². The molecule has 14 heteroatoms. The Morgan fingerprint density at radius 1 is 1.19 bits per heavy atom. The highest BCUT2D eigenvalue weighted by Gasteiger charge is 2.53. The van der Waals surface area contributed by atoms with Crippen molar-refractivity contribution in [1.29, 1.82) is 0 Å². The van der Waals surface area contributed by atoms with Crippen LogP contribution in [0, 0.1) is 0 Å². The van der Waals surface area contributed by atoms with E-state index in [1.807, 2.05) is 24.3 Å². The first-order chi connectivity index (χ1) is 19.6. The lowest BCUT2D eigenvalue weighted by molar-refractivity contribution is -0.125. The molecule has 0 spiro atoms. The monoisotopic (exact) mass is 697 g/mol. The predicted octanol–water partition coefficient (Wildman–Crippen LogP) is 4.63. The summed E-state index contributed by atoms with van der Waals surface area (Å²) in [4.78, 5) is 33.1. The van der Waals surface area contributed by atoms with E-state index in [4.69, 9.17) is 23.2 Å². The van der Waals surface area contributed by atoms with Crippen LogP contribution in [-0.4, -0.2) is 63.9 Å². The number of imidazole rings is 1. The minimum atomic E-state index is -4.31. The molecule has 0 radical (unpaired) electrons. The van der Waals surface area contributed by atoms with Gasteiger partial charge in [0.2, 0.25) is 11.9 Å². The van der Waals surface area contributed by atoms with Crippen LogP contribution in [0.3, 0.4) is 0 Å². The standard InChI is InChI=1S/C28H30BrCl2N5O5S/c1-27(2,39)16-33-24(37)22-5-4-10-34(22)42(40,41)23-15-32-26-35(21-12-19(30)11-20(31)13-21)25(38)28(3,36(23)26)14-17-6-8-18(29)9-7-17/h6-9,11-13,15,22,39H,4-5,10,14,16H2,1-3H3,(H,33,37). The number of nitrogens with zero attached hydrogens (tertiary/aromatic N) is 4. The van der Waals surface area contributed by atoms with E-state index in [9.17, 15) is 23.1 Å². The lowest BCUT2D eigenvalue weighted by atomic mass is 9.92. The number of carbonyl (C=O) groups is 2. The number of aliphatic hydroxyl groups is 1.